The van der Waals surface area contributed by atoms with Gasteiger partial charge in [0.05, 0.1) is 18.4 Å². The highest BCUT2D eigenvalue weighted by Gasteiger charge is 2.26. The van der Waals surface area contributed by atoms with Crippen molar-refractivity contribution < 1.29 is 14.3 Å². The van der Waals surface area contributed by atoms with Gasteiger partial charge in [0.1, 0.15) is 17.6 Å². The average Bonchev–Trinajstić information content (AvgIpc) is 3.08. The van der Waals surface area contributed by atoms with Crippen molar-refractivity contribution in [1.29, 1.82) is 0 Å². The first-order valence-electron chi connectivity index (χ1n) is 9.22. The number of anilines is 1. The Kier molecular flexibility index (Phi) is 6.98. The van der Waals surface area contributed by atoms with Crippen molar-refractivity contribution in [1.82, 2.24) is 15.1 Å². The topological polar surface area (TPSA) is 85.2 Å². The summed E-state index contributed by atoms with van der Waals surface area (Å²) in [7, 11) is 0. The number of nitrogens with zero attached hydrogens (tertiary/aromatic N) is 2. The molecule has 1 aromatic heterocycles. The number of amides is 2. The fourth-order valence-electron chi connectivity index (χ4n) is 2.72. The molecular formula is C20H28N4O3. The number of nitrogens with one attached hydrogen (secondary N) is 2. The van der Waals surface area contributed by atoms with Gasteiger partial charge in [0.2, 0.25) is 5.91 Å². The first-order chi connectivity index (χ1) is 12.8. The zero-order valence-corrected chi connectivity index (χ0v) is 16.5. The van der Waals surface area contributed by atoms with Crippen LogP contribution in [-0.4, -0.2) is 34.2 Å². The molecule has 146 valence electrons. The van der Waals surface area contributed by atoms with Gasteiger partial charge in [0, 0.05) is 12.1 Å². The van der Waals surface area contributed by atoms with Crippen molar-refractivity contribution in [2.24, 2.45) is 5.92 Å². The van der Waals surface area contributed by atoms with Crippen molar-refractivity contribution in [3.8, 4) is 5.75 Å². The van der Waals surface area contributed by atoms with Gasteiger partial charge in [-0.25, -0.2) is 4.68 Å². The molecule has 7 heteroatoms. The van der Waals surface area contributed by atoms with Crippen LogP contribution in [0.15, 0.2) is 36.5 Å². The van der Waals surface area contributed by atoms with Crippen LogP contribution in [0.3, 0.4) is 0 Å². The van der Waals surface area contributed by atoms with Gasteiger partial charge in [-0.3, -0.25) is 9.59 Å². The molecule has 1 atom stereocenters. The number of rotatable bonds is 8. The molecule has 0 unspecified atom stereocenters. The molecule has 27 heavy (non-hydrogen) atoms. The van der Waals surface area contributed by atoms with Gasteiger partial charge in [-0.05, 0) is 38.8 Å². The number of carbonyl (C=O) groups is 2. The Labute approximate surface area is 160 Å². The lowest BCUT2D eigenvalue weighted by atomic mass is 10.0. The van der Waals surface area contributed by atoms with Gasteiger partial charge in [-0.1, -0.05) is 26.0 Å². The fourth-order valence-corrected chi connectivity index (χ4v) is 2.72. The second-order valence-electron chi connectivity index (χ2n) is 6.87. The number of ether oxygens (including phenoxy) is 1. The number of hydrogen-bond donors (Lipinski definition) is 2. The van der Waals surface area contributed by atoms with E-state index in [2.05, 4.69) is 15.7 Å². The molecule has 7 nitrogen and oxygen atoms in total. The Morgan fingerprint density at radius 1 is 1.15 bits per heavy atom. The lowest BCUT2D eigenvalue weighted by Gasteiger charge is -2.23. The van der Waals surface area contributed by atoms with Crippen molar-refractivity contribution in [2.75, 3.05) is 11.9 Å². The summed E-state index contributed by atoms with van der Waals surface area (Å²) in [5.41, 5.74) is 0.407. The van der Waals surface area contributed by atoms with E-state index in [9.17, 15) is 9.59 Å². The SMILES string of the molecule is CCOc1ccccc1C(=O)N[C@H](C(=O)Nc1ccnn1C(C)C)C(C)C. The smallest absolute Gasteiger partial charge is 0.255 e. The van der Waals surface area contributed by atoms with Gasteiger partial charge in [0.25, 0.3) is 5.91 Å². The van der Waals surface area contributed by atoms with Crippen molar-refractivity contribution in [3.63, 3.8) is 0 Å². The van der Waals surface area contributed by atoms with E-state index >= 15 is 0 Å². The van der Waals surface area contributed by atoms with Gasteiger partial charge >= 0.3 is 0 Å². The summed E-state index contributed by atoms with van der Waals surface area (Å²) >= 11 is 0. The number of benzene rings is 1. The lowest BCUT2D eigenvalue weighted by molar-refractivity contribution is -0.118. The largest absolute Gasteiger partial charge is 0.493 e. The second kappa shape index (κ2) is 9.21. The average molecular weight is 372 g/mol. The predicted molar refractivity (Wildman–Crippen MR) is 105 cm³/mol. The van der Waals surface area contributed by atoms with Crippen LogP contribution < -0.4 is 15.4 Å². The second-order valence-corrected chi connectivity index (χ2v) is 6.87. The highest BCUT2D eigenvalue weighted by atomic mass is 16.5. The van der Waals surface area contributed by atoms with E-state index in [-0.39, 0.29) is 23.8 Å². The van der Waals surface area contributed by atoms with Crippen LogP contribution in [0.2, 0.25) is 0 Å². The minimum atomic E-state index is -0.692. The number of carbonyl (C=O) groups excluding carboxylic acids is 2. The van der Waals surface area contributed by atoms with Crippen molar-refractivity contribution in [2.45, 2.75) is 46.7 Å². The first-order valence-corrected chi connectivity index (χ1v) is 9.22. The number of aromatic nitrogens is 2. The molecule has 0 saturated heterocycles. The fraction of sp³-hybridized carbons (Fsp3) is 0.450. The van der Waals surface area contributed by atoms with Crippen molar-refractivity contribution >= 4 is 17.6 Å². The van der Waals surface area contributed by atoms with Crippen LogP contribution >= 0.6 is 0 Å². The van der Waals surface area contributed by atoms with E-state index in [1.807, 2.05) is 40.7 Å². The van der Waals surface area contributed by atoms with Crippen molar-refractivity contribution in [3.05, 3.63) is 42.1 Å². The Morgan fingerprint density at radius 2 is 1.85 bits per heavy atom. The van der Waals surface area contributed by atoms with Gasteiger partial charge in [-0.2, -0.15) is 5.10 Å². The van der Waals surface area contributed by atoms with E-state index in [1.165, 1.54) is 0 Å². The minimum Gasteiger partial charge on any atom is -0.493 e. The van der Waals surface area contributed by atoms with Crippen LogP contribution in [0.5, 0.6) is 5.75 Å². The lowest BCUT2D eigenvalue weighted by Crippen LogP contribution is -2.47. The summed E-state index contributed by atoms with van der Waals surface area (Å²) in [5, 5.41) is 9.91. The van der Waals surface area contributed by atoms with E-state index in [1.54, 1.807) is 35.1 Å². The molecule has 0 aliphatic heterocycles. The Bertz CT molecular complexity index is 783. The third-order valence-electron chi connectivity index (χ3n) is 4.08. The summed E-state index contributed by atoms with van der Waals surface area (Å²) in [5.74, 6) is 0.381. The number of hydrogen-bond acceptors (Lipinski definition) is 4. The van der Waals surface area contributed by atoms with E-state index < -0.39 is 6.04 Å². The molecule has 0 aliphatic rings. The molecule has 1 aromatic carbocycles. The standard InChI is InChI=1S/C20H28N4O3/c1-6-27-16-10-8-7-9-15(16)19(25)23-18(13(2)3)20(26)22-17-11-12-21-24(17)14(4)5/h7-14,18H,6H2,1-5H3,(H,22,26)(H,23,25)/t18-/m0/s1. The third kappa shape index (κ3) is 5.09. The molecule has 0 fully saturated rings. The summed E-state index contributed by atoms with van der Waals surface area (Å²) in [6.45, 7) is 10.1. The Balaban J connectivity index is 2.16. The zero-order valence-electron chi connectivity index (χ0n) is 16.5. The summed E-state index contributed by atoms with van der Waals surface area (Å²) in [6.07, 6.45) is 1.64. The molecule has 0 saturated carbocycles. The molecule has 0 radical (unpaired) electrons. The highest BCUT2D eigenvalue weighted by Crippen LogP contribution is 2.19. The minimum absolute atomic E-state index is 0.0939. The molecule has 2 amide bonds. The highest BCUT2D eigenvalue weighted by molar-refractivity contribution is 6.02. The van der Waals surface area contributed by atoms with Gasteiger partial charge < -0.3 is 15.4 Å². The quantitative estimate of drug-likeness (QED) is 0.745. The maximum absolute atomic E-state index is 12.8. The molecule has 0 aliphatic carbocycles. The molecule has 2 rings (SSSR count). The monoisotopic (exact) mass is 372 g/mol. The Hall–Kier alpha value is -2.83. The predicted octanol–water partition coefficient (Wildman–Crippen LogP) is 3.26. The van der Waals surface area contributed by atoms with Gasteiger partial charge in [-0.15, -0.1) is 0 Å². The molecule has 2 aromatic rings. The van der Waals surface area contributed by atoms with Crippen LogP contribution in [-0.2, 0) is 4.79 Å². The maximum Gasteiger partial charge on any atom is 0.255 e. The maximum atomic E-state index is 12.8. The first kappa shape index (κ1) is 20.5. The summed E-state index contributed by atoms with van der Waals surface area (Å²) in [4.78, 5) is 25.6. The number of para-hydroxylation sites is 1. The van der Waals surface area contributed by atoms with Crippen LogP contribution in [0, 0.1) is 5.92 Å². The summed E-state index contributed by atoms with van der Waals surface area (Å²) < 4.78 is 7.24. The third-order valence-corrected chi connectivity index (χ3v) is 4.08. The van der Waals surface area contributed by atoms with E-state index in [0.29, 0.717) is 23.7 Å². The molecule has 2 N–H and O–H groups in total. The Morgan fingerprint density at radius 3 is 2.48 bits per heavy atom. The normalized spacial score (nSPS) is 12.1. The molecule has 1 heterocycles. The zero-order chi connectivity index (χ0) is 20.0. The van der Waals surface area contributed by atoms with Crippen LogP contribution in [0.25, 0.3) is 0 Å². The van der Waals surface area contributed by atoms with E-state index in [4.69, 9.17) is 4.74 Å². The molecule has 0 spiro atoms. The molecular weight excluding hydrogens is 344 g/mol. The van der Waals surface area contributed by atoms with Crippen LogP contribution in [0.4, 0.5) is 5.82 Å². The van der Waals surface area contributed by atoms with E-state index in [0.717, 1.165) is 0 Å². The summed E-state index contributed by atoms with van der Waals surface area (Å²) in [6, 6.07) is 8.16. The molecule has 0 bridgehead atoms. The van der Waals surface area contributed by atoms with Crippen LogP contribution in [0.1, 0.15) is 51.0 Å². The van der Waals surface area contributed by atoms with Gasteiger partial charge in [0.15, 0.2) is 0 Å².